The SMILES string of the molecule is [B]C1([B])N(C)c2cccc3c2N([C@H]2CCN(CCCC(=O)c4ccc(F)cc4)C[C@@H]32)C1([B])O. The number of hydrogen-bond acceptors (Lipinski definition) is 5. The van der Waals surface area contributed by atoms with Crippen molar-refractivity contribution in [1.82, 2.24) is 4.90 Å². The third kappa shape index (κ3) is 3.43. The minimum absolute atomic E-state index is 0.00609. The van der Waals surface area contributed by atoms with E-state index in [1.807, 2.05) is 17.0 Å². The Kier molecular flexibility index (Phi) is 5.41. The number of piperidine rings is 1. The predicted molar refractivity (Wildman–Crippen MR) is 130 cm³/mol. The van der Waals surface area contributed by atoms with E-state index >= 15 is 0 Å². The summed E-state index contributed by atoms with van der Waals surface area (Å²) < 4.78 is 13.1. The third-order valence-electron chi connectivity index (χ3n) is 7.60. The lowest BCUT2D eigenvalue weighted by molar-refractivity contribution is 0.0773. The molecule has 33 heavy (non-hydrogen) atoms. The molecule has 3 atom stereocenters. The van der Waals surface area contributed by atoms with Crippen LogP contribution in [-0.2, 0) is 0 Å². The Morgan fingerprint density at radius 2 is 1.91 bits per heavy atom. The Morgan fingerprint density at radius 1 is 1.18 bits per heavy atom. The van der Waals surface area contributed by atoms with Gasteiger partial charge in [0.1, 0.15) is 13.7 Å². The normalized spacial score (nSPS) is 27.8. The Hall–Kier alpha value is -2.25. The van der Waals surface area contributed by atoms with Crippen molar-refractivity contribution in [2.45, 2.75) is 42.2 Å². The molecule has 0 spiro atoms. The number of hydrogen-bond donors (Lipinski definition) is 1. The van der Waals surface area contributed by atoms with E-state index in [-0.39, 0.29) is 23.6 Å². The average molecular weight is 439 g/mol. The number of carbonyl (C=O) groups is 1. The van der Waals surface area contributed by atoms with Crippen LogP contribution in [0.15, 0.2) is 42.5 Å². The highest BCUT2D eigenvalue weighted by Crippen LogP contribution is 2.55. The number of likely N-dealkylation sites (N-methyl/N-ethyl adjacent to an activating group) is 1. The van der Waals surface area contributed by atoms with Crippen LogP contribution in [0.2, 0.25) is 0 Å². The molecule has 1 saturated heterocycles. The monoisotopic (exact) mass is 439 g/mol. The smallest absolute Gasteiger partial charge is 0.162 e. The van der Waals surface area contributed by atoms with Crippen LogP contribution in [0.4, 0.5) is 15.8 Å². The summed E-state index contributed by atoms with van der Waals surface area (Å²) in [6.07, 6.45) is 1.94. The molecule has 0 bridgehead atoms. The molecule has 0 saturated carbocycles. The predicted octanol–water partition coefficient (Wildman–Crippen LogP) is 1.72. The molecule has 0 aliphatic carbocycles. The van der Waals surface area contributed by atoms with E-state index in [0.29, 0.717) is 12.0 Å². The number of carbonyl (C=O) groups excluding carboxylic acids is 1. The number of benzene rings is 2. The van der Waals surface area contributed by atoms with Crippen molar-refractivity contribution in [3.8, 4) is 0 Å². The van der Waals surface area contributed by atoms with Gasteiger partial charge in [0.25, 0.3) is 0 Å². The van der Waals surface area contributed by atoms with Crippen LogP contribution in [0.3, 0.4) is 0 Å². The number of rotatable bonds is 5. The van der Waals surface area contributed by atoms with Gasteiger partial charge in [0.05, 0.1) is 32.7 Å². The summed E-state index contributed by atoms with van der Waals surface area (Å²) in [6, 6.07) is 11.7. The summed E-state index contributed by atoms with van der Waals surface area (Å²) in [7, 11) is 20.8. The summed E-state index contributed by atoms with van der Waals surface area (Å²) in [4.78, 5) is 18.3. The highest BCUT2D eigenvalue weighted by atomic mass is 19.1. The van der Waals surface area contributed by atoms with Gasteiger partial charge in [-0.2, -0.15) is 0 Å². The summed E-state index contributed by atoms with van der Waals surface area (Å²) in [5.74, 6) is -0.167. The van der Waals surface area contributed by atoms with Gasteiger partial charge in [-0.25, -0.2) is 4.39 Å². The fourth-order valence-corrected chi connectivity index (χ4v) is 5.68. The first kappa shape index (κ1) is 22.5. The molecule has 1 fully saturated rings. The van der Waals surface area contributed by atoms with Crippen LogP contribution < -0.4 is 9.80 Å². The van der Waals surface area contributed by atoms with Gasteiger partial charge in [-0.1, -0.05) is 12.1 Å². The largest absolute Gasteiger partial charge is 0.381 e. The number of fused-ring (bicyclic) bond motifs is 3. The van der Waals surface area contributed by atoms with Crippen LogP contribution in [0.1, 0.15) is 41.1 Å². The van der Waals surface area contributed by atoms with E-state index in [2.05, 4.69) is 11.0 Å². The summed E-state index contributed by atoms with van der Waals surface area (Å²) >= 11 is 0. The maximum Gasteiger partial charge on any atom is 0.162 e. The van der Waals surface area contributed by atoms with Gasteiger partial charge < -0.3 is 19.8 Å². The zero-order chi connectivity index (χ0) is 23.5. The molecule has 164 valence electrons. The first-order chi connectivity index (χ1) is 15.6. The first-order valence-corrected chi connectivity index (χ1v) is 11.4. The van der Waals surface area contributed by atoms with E-state index in [1.54, 1.807) is 11.9 Å². The van der Waals surface area contributed by atoms with Gasteiger partial charge in [0, 0.05) is 44.1 Å². The van der Waals surface area contributed by atoms with E-state index in [9.17, 15) is 14.3 Å². The summed E-state index contributed by atoms with van der Waals surface area (Å²) in [6.45, 7) is 2.40. The quantitative estimate of drug-likeness (QED) is 0.569. The van der Waals surface area contributed by atoms with Gasteiger partial charge in [0.15, 0.2) is 5.78 Å². The lowest BCUT2D eigenvalue weighted by atomic mass is 9.48. The summed E-state index contributed by atoms with van der Waals surface area (Å²) in [5.41, 5.74) is 1.52. The van der Waals surface area contributed by atoms with Crippen molar-refractivity contribution in [3.05, 3.63) is 59.4 Å². The number of nitrogens with zero attached hydrogens (tertiary/aromatic N) is 3. The molecule has 0 amide bonds. The van der Waals surface area contributed by atoms with Gasteiger partial charge >= 0.3 is 0 Å². The van der Waals surface area contributed by atoms with Crippen molar-refractivity contribution in [3.63, 3.8) is 0 Å². The molecule has 1 unspecified atom stereocenters. The summed E-state index contributed by atoms with van der Waals surface area (Å²) in [5, 5.41) is 9.64. The average Bonchev–Trinajstić information content (AvgIpc) is 3.12. The molecular formula is C24H25B3FN3O2. The second kappa shape index (κ2) is 7.91. The molecule has 9 heteroatoms. The van der Waals surface area contributed by atoms with E-state index in [0.717, 1.165) is 49.4 Å². The van der Waals surface area contributed by atoms with E-state index in [4.69, 9.17) is 23.5 Å². The van der Waals surface area contributed by atoms with Gasteiger partial charge in [0.2, 0.25) is 0 Å². The highest BCUT2D eigenvalue weighted by molar-refractivity contribution is 6.47. The third-order valence-corrected chi connectivity index (χ3v) is 7.60. The fourth-order valence-electron chi connectivity index (χ4n) is 5.68. The Bertz CT molecular complexity index is 1080. The van der Waals surface area contributed by atoms with Gasteiger partial charge in [-0.3, -0.25) is 4.79 Å². The molecule has 2 aromatic rings. The molecule has 3 aliphatic heterocycles. The molecule has 0 aromatic heterocycles. The van der Waals surface area contributed by atoms with Crippen LogP contribution in [0, 0.1) is 5.82 Å². The van der Waals surface area contributed by atoms with Crippen LogP contribution in [0.5, 0.6) is 0 Å². The molecule has 5 rings (SSSR count). The maximum atomic E-state index is 13.1. The zero-order valence-corrected chi connectivity index (χ0v) is 18.7. The number of halogens is 1. The lowest BCUT2D eigenvalue weighted by Gasteiger charge is -2.60. The van der Waals surface area contributed by atoms with Gasteiger partial charge in [-0.05, 0) is 60.6 Å². The Labute approximate surface area is 198 Å². The van der Waals surface area contributed by atoms with Crippen LogP contribution >= 0.6 is 0 Å². The van der Waals surface area contributed by atoms with Crippen LogP contribution in [-0.4, -0.2) is 83.0 Å². The number of ketones is 1. The molecule has 3 aliphatic rings. The van der Waals surface area contributed by atoms with Crippen LogP contribution in [0.25, 0.3) is 0 Å². The number of para-hydroxylation sites is 1. The molecule has 5 nitrogen and oxygen atoms in total. The van der Waals surface area contributed by atoms with Crippen molar-refractivity contribution < 1.29 is 14.3 Å². The number of anilines is 2. The molecule has 6 radical (unpaired) electrons. The van der Waals surface area contributed by atoms with Crippen molar-refractivity contribution in [2.75, 3.05) is 36.5 Å². The maximum absolute atomic E-state index is 13.1. The van der Waals surface area contributed by atoms with E-state index < -0.39 is 11.0 Å². The first-order valence-electron chi connectivity index (χ1n) is 11.4. The van der Waals surface area contributed by atoms with E-state index in [1.165, 1.54) is 24.3 Å². The standard InChI is InChI=1S/C24H25B3FN3O2/c1-29-20-5-2-4-17-18-14-30(12-3-6-21(32)15-7-9-16(28)10-8-15)13-11-19(18)31(22(17)20)24(27,33)23(29,25)26/h2,4-5,7-10,18-19,33H,3,6,11-14H2,1H3/t18-,19-,24?/m0/s1. The number of Topliss-reactive ketones (excluding diaryl/α,β-unsaturated/α-hetero) is 1. The van der Waals surface area contributed by atoms with Crippen molar-refractivity contribution in [1.29, 1.82) is 0 Å². The van der Waals surface area contributed by atoms with Crippen molar-refractivity contribution >= 4 is 40.7 Å². The topological polar surface area (TPSA) is 47.0 Å². The highest BCUT2D eigenvalue weighted by Gasteiger charge is 2.57. The zero-order valence-electron chi connectivity index (χ0n) is 18.7. The molecule has 3 heterocycles. The number of aliphatic hydroxyl groups is 1. The minimum Gasteiger partial charge on any atom is -0.381 e. The number of likely N-dealkylation sites (tertiary alicyclic amines) is 1. The van der Waals surface area contributed by atoms with Crippen molar-refractivity contribution in [2.24, 2.45) is 0 Å². The molecule has 1 N–H and O–H groups in total. The molecular weight excluding hydrogens is 414 g/mol. The molecule has 2 aromatic carbocycles. The fraction of sp³-hybridized carbons (Fsp3) is 0.458. The second-order valence-electron chi connectivity index (χ2n) is 9.49. The Balaban J connectivity index is 1.30. The minimum atomic E-state index is -1.92. The Morgan fingerprint density at radius 3 is 2.64 bits per heavy atom. The van der Waals surface area contributed by atoms with Gasteiger partial charge in [-0.15, -0.1) is 0 Å². The lowest BCUT2D eigenvalue weighted by Crippen LogP contribution is -2.76. The second-order valence-corrected chi connectivity index (χ2v) is 9.49.